The molecule has 9 nitrogen and oxygen atoms in total. The van der Waals surface area contributed by atoms with Crippen LogP contribution in [0.4, 0.5) is 4.39 Å². The zero-order valence-electron chi connectivity index (χ0n) is 12.7. The minimum atomic E-state index is -1.19. The lowest BCUT2D eigenvalue weighted by Gasteiger charge is -2.10. The highest BCUT2D eigenvalue weighted by Crippen LogP contribution is 2.23. The van der Waals surface area contributed by atoms with Crippen LogP contribution >= 0.6 is 0 Å². The van der Waals surface area contributed by atoms with E-state index < -0.39 is 29.5 Å². The fourth-order valence-electron chi connectivity index (χ4n) is 2.28. The molecule has 3 aromatic rings. The van der Waals surface area contributed by atoms with Gasteiger partial charge in [0.15, 0.2) is 0 Å². The number of carbonyl (C=O) groups excluding carboxylic acids is 3. The SMILES string of the molecule is O=C(ON1C(=O)c2ccccc2C1=O)c1nnc(-c2ccc(F)cn2)o1. The van der Waals surface area contributed by atoms with Crippen LogP contribution in [0.1, 0.15) is 31.4 Å². The Morgan fingerprint density at radius 3 is 2.35 bits per heavy atom. The molecule has 0 bridgehead atoms. The molecule has 0 radical (unpaired) electrons. The van der Waals surface area contributed by atoms with Gasteiger partial charge < -0.3 is 9.25 Å². The molecule has 10 heteroatoms. The second-order valence-corrected chi connectivity index (χ2v) is 5.10. The Morgan fingerprint density at radius 1 is 1.04 bits per heavy atom. The first-order valence-electron chi connectivity index (χ1n) is 7.20. The van der Waals surface area contributed by atoms with Crippen LogP contribution in [0.25, 0.3) is 11.6 Å². The molecule has 26 heavy (non-hydrogen) atoms. The van der Waals surface area contributed by atoms with Crippen LogP contribution in [-0.4, -0.2) is 38.0 Å². The van der Waals surface area contributed by atoms with E-state index in [0.29, 0.717) is 5.06 Å². The number of halogens is 1. The second-order valence-electron chi connectivity index (χ2n) is 5.10. The number of hydroxylamine groups is 2. The Balaban J connectivity index is 1.54. The summed E-state index contributed by atoms with van der Waals surface area (Å²) in [5, 5.41) is 7.41. The summed E-state index contributed by atoms with van der Waals surface area (Å²) in [6.07, 6.45) is 0.941. The van der Waals surface area contributed by atoms with Crippen LogP contribution in [-0.2, 0) is 4.84 Å². The molecule has 0 fully saturated rings. The van der Waals surface area contributed by atoms with Gasteiger partial charge in [0.1, 0.15) is 11.5 Å². The van der Waals surface area contributed by atoms with E-state index >= 15 is 0 Å². The van der Waals surface area contributed by atoms with Crippen LogP contribution in [0.3, 0.4) is 0 Å². The summed E-state index contributed by atoms with van der Waals surface area (Å²) < 4.78 is 18.0. The van der Waals surface area contributed by atoms with Gasteiger partial charge in [-0.25, -0.2) is 14.2 Å². The van der Waals surface area contributed by atoms with Crippen LogP contribution < -0.4 is 0 Å². The molecule has 2 amide bonds. The molecule has 2 aromatic heterocycles. The standard InChI is InChI=1S/C16H7FN4O5/c17-8-5-6-11(18-7-8)12-19-20-13(25-12)16(24)26-21-14(22)9-3-1-2-4-10(9)15(21)23/h1-7H. The molecule has 0 atom stereocenters. The van der Waals surface area contributed by atoms with Gasteiger partial charge in [0.05, 0.1) is 17.3 Å². The van der Waals surface area contributed by atoms with Crippen LogP contribution in [0.2, 0.25) is 0 Å². The van der Waals surface area contributed by atoms with Gasteiger partial charge in [0.2, 0.25) is 0 Å². The molecule has 0 aliphatic carbocycles. The van der Waals surface area contributed by atoms with Crippen molar-refractivity contribution >= 4 is 17.8 Å². The monoisotopic (exact) mass is 354 g/mol. The van der Waals surface area contributed by atoms with E-state index in [1.54, 1.807) is 12.1 Å². The Labute approximate surface area is 144 Å². The Bertz CT molecular complexity index is 1010. The third-order valence-corrected chi connectivity index (χ3v) is 3.48. The highest BCUT2D eigenvalue weighted by atomic mass is 19.1. The van der Waals surface area contributed by atoms with E-state index in [9.17, 15) is 18.8 Å². The summed E-state index contributed by atoms with van der Waals surface area (Å²) in [6, 6.07) is 8.44. The van der Waals surface area contributed by atoms with E-state index in [1.165, 1.54) is 18.2 Å². The predicted molar refractivity (Wildman–Crippen MR) is 79.8 cm³/mol. The fourth-order valence-corrected chi connectivity index (χ4v) is 2.28. The molecule has 1 aliphatic rings. The maximum atomic E-state index is 12.9. The maximum Gasteiger partial charge on any atom is 0.421 e. The van der Waals surface area contributed by atoms with Gasteiger partial charge in [0.25, 0.3) is 17.7 Å². The van der Waals surface area contributed by atoms with E-state index in [1.807, 2.05) is 0 Å². The zero-order valence-corrected chi connectivity index (χ0v) is 12.7. The first kappa shape index (κ1) is 15.6. The van der Waals surface area contributed by atoms with Crippen molar-refractivity contribution in [2.75, 3.05) is 0 Å². The molecule has 0 saturated carbocycles. The first-order chi connectivity index (χ1) is 12.5. The van der Waals surface area contributed by atoms with Crippen LogP contribution in [0.15, 0.2) is 47.0 Å². The Hall–Kier alpha value is -3.95. The largest absolute Gasteiger partial charge is 0.421 e. The number of amides is 2. The van der Waals surface area contributed by atoms with Crippen molar-refractivity contribution in [3.63, 3.8) is 0 Å². The van der Waals surface area contributed by atoms with Crippen molar-refractivity contribution in [2.24, 2.45) is 0 Å². The highest BCUT2D eigenvalue weighted by molar-refractivity contribution is 6.21. The number of carbonyl (C=O) groups is 3. The lowest BCUT2D eigenvalue weighted by molar-refractivity contribution is -0.0608. The van der Waals surface area contributed by atoms with E-state index in [2.05, 4.69) is 15.2 Å². The lowest BCUT2D eigenvalue weighted by Crippen LogP contribution is -2.32. The third-order valence-electron chi connectivity index (χ3n) is 3.48. The zero-order chi connectivity index (χ0) is 18.3. The normalized spacial score (nSPS) is 13.0. The number of aromatic nitrogens is 3. The molecule has 1 aliphatic heterocycles. The summed E-state index contributed by atoms with van der Waals surface area (Å²) in [6.45, 7) is 0. The average molecular weight is 354 g/mol. The van der Waals surface area contributed by atoms with Crippen LogP contribution in [0, 0.1) is 5.82 Å². The number of nitrogens with zero attached hydrogens (tertiary/aromatic N) is 4. The number of hydrogen-bond acceptors (Lipinski definition) is 8. The Kier molecular flexibility index (Phi) is 3.50. The molecular formula is C16H7FN4O5. The summed E-state index contributed by atoms with van der Waals surface area (Å²) in [4.78, 5) is 44.9. The molecular weight excluding hydrogens is 347 g/mol. The number of imide groups is 1. The number of fused-ring (bicyclic) bond motifs is 1. The van der Waals surface area contributed by atoms with Gasteiger partial charge in [-0.2, -0.15) is 0 Å². The van der Waals surface area contributed by atoms with E-state index in [0.717, 1.165) is 12.3 Å². The van der Waals surface area contributed by atoms with Gasteiger partial charge >= 0.3 is 11.9 Å². The Morgan fingerprint density at radius 2 is 1.73 bits per heavy atom. The molecule has 0 N–H and O–H groups in total. The van der Waals surface area contributed by atoms with Gasteiger partial charge in [0, 0.05) is 0 Å². The van der Waals surface area contributed by atoms with Gasteiger partial charge in [-0.15, -0.1) is 10.2 Å². The lowest BCUT2D eigenvalue weighted by atomic mass is 10.1. The smallest absolute Gasteiger partial charge is 0.409 e. The van der Waals surface area contributed by atoms with Crippen molar-refractivity contribution in [3.8, 4) is 11.6 Å². The molecule has 0 spiro atoms. The maximum absolute atomic E-state index is 12.9. The first-order valence-corrected chi connectivity index (χ1v) is 7.20. The van der Waals surface area contributed by atoms with Crippen molar-refractivity contribution in [3.05, 3.63) is 65.4 Å². The van der Waals surface area contributed by atoms with Gasteiger partial charge in [-0.05, 0) is 24.3 Å². The molecule has 0 unspecified atom stereocenters. The number of benzene rings is 1. The van der Waals surface area contributed by atoms with Crippen LogP contribution in [0.5, 0.6) is 0 Å². The van der Waals surface area contributed by atoms with Crippen molar-refractivity contribution < 1.29 is 28.0 Å². The third kappa shape index (κ3) is 2.49. The predicted octanol–water partition coefficient (Wildman–Crippen LogP) is 1.64. The summed E-state index contributed by atoms with van der Waals surface area (Å²) >= 11 is 0. The average Bonchev–Trinajstić information content (AvgIpc) is 3.23. The number of hydrogen-bond donors (Lipinski definition) is 0. The minimum absolute atomic E-state index is 0.118. The fraction of sp³-hybridized carbons (Fsp3) is 0. The molecule has 4 rings (SSSR count). The molecule has 3 heterocycles. The van der Waals surface area contributed by atoms with Crippen molar-refractivity contribution in [1.82, 2.24) is 20.2 Å². The molecule has 128 valence electrons. The van der Waals surface area contributed by atoms with E-state index in [4.69, 9.17) is 9.25 Å². The molecule has 1 aromatic carbocycles. The number of rotatable bonds is 3. The minimum Gasteiger partial charge on any atom is -0.409 e. The highest BCUT2D eigenvalue weighted by Gasteiger charge is 2.39. The number of pyridine rings is 1. The second kappa shape index (κ2) is 5.84. The van der Waals surface area contributed by atoms with Crippen molar-refractivity contribution in [2.45, 2.75) is 0 Å². The topological polar surface area (TPSA) is 115 Å². The van der Waals surface area contributed by atoms with E-state index in [-0.39, 0.29) is 22.7 Å². The summed E-state index contributed by atoms with van der Waals surface area (Å²) in [5.74, 6) is -4.06. The van der Waals surface area contributed by atoms with Gasteiger partial charge in [-0.1, -0.05) is 17.2 Å². The molecule has 0 saturated heterocycles. The van der Waals surface area contributed by atoms with Gasteiger partial charge in [-0.3, -0.25) is 9.59 Å². The van der Waals surface area contributed by atoms with Crippen molar-refractivity contribution in [1.29, 1.82) is 0 Å². The quantitative estimate of drug-likeness (QED) is 0.652. The summed E-state index contributed by atoms with van der Waals surface area (Å²) in [5.41, 5.74) is 0.373. The summed E-state index contributed by atoms with van der Waals surface area (Å²) in [7, 11) is 0.